The summed E-state index contributed by atoms with van der Waals surface area (Å²) in [5.41, 5.74) is -0.0817. The highest BCUT2D eigenvalue weighted by atomic mass is 16.2. The first-order valence-corrected chi connectivity index (χ1v) is 8.72. The summed E-state index contributed by atoms with van der Waals surface area (Å²) in [6.45, 7) is 6.48. The molecular weight excluding hydrogens is 248 g/mol. The Morgan fingerprint density at radius 3 is 2.35 bits per heavy atom. The molecule has 0 aromatic rings. The molecule has 0 spiro atoms. The maximum absolute atomic E-state index is 12.8. The normalized spacial score (nSPS) is 29.9. The fraction of sp³-hybridized carbons (Fsp3) is 0.941. The van der Waals surface area contributed by atoms with Crippen LogP contribution < -0.4 is 10.6 Å². The summed E-state index contributed by atoms with van der Waals surface area (Å²) in [4.78, 5) is 12.8. The van der Waals surface area contributed by atoms with Gasteiger partial charge in [-0.3, -0.25) is 4.79 Å². The first-order valence-electron chi connectivity index (χ1n) is 8.72. The zero-order chi connectivity index (χ0) is 14.4. The summed E-state index contributed by atoms with van der Waals surface area (Å²) in [6.07, 6.45) is 10.4. The topological polar surface area (TPSA) is 41.1 Å². The van der Waals surface area contributed by atoms with Crippen molar-refractivity contribution < 1.29 is 4.79 Å². The average Bonchev–Trinajstić information content (AvgIpc) is 2.49. The van der Waals surface area contributed by atoms with E-state index >= 15 is 0 Å². The lowest BCUT2D eigenvalue weighted by atomic mass is 9.74. The molecule has 1 heterocycles. The fourth-order valence-corrected chi connectivity index (χ4v) is 4.03. The van der Waals surface area contributed by atoms with E-state index in [4.69, 9.17) is 0 Å². The van der Waals surface area contributed by atoms with Crippen molar-refractivity contribution in [1.29, 1.82) is 0 Å². The minimum absolute atomic E-state index is 0.0817. The molecule has 1 amide bonds. The zero-order valence-corrected chi connectivity index (χ0v) is 13.3. The van der Waals surface area contributed by atoms with E-state index in [2.05, 4.69) is 24.5 Å². The second kappa shape index (κ2) is 7.44. The molecule has 2 aliphatic rings. The van der Waals surface area contributed by atoms with Gasteiger partial charge in [0.2, 0.25) is 5.91 Å². The molecule has 20 heavy (non-hydrogen) atoms. The van der Waals surface area contributed by atoms with Crippen molar-refractivity contribution >= 4 is 5.91 Å². The van der Waals surface area contributed by atoms with Gasteiger partial charge in [0.25, 0.3) is 0 Å². The third kappa shape index (κ3) is 3.75. The van der Waals surface area contributed by atoms with Crippen molar-refractivity contribution in [3.63, 3.8) is 0 Å². The maximum Gasteiger partial charge on any atom is 0.226 e. The van der Waals surface area contributed by atoms with Crippen LogP contribution in [-0.2, 0) is 4.79 Å². The molecule has 2 rings (SSSR count). The van der Waals surface area contributed by atoms with E-state index in [0.717, 1.165) is 44.7 Å². The summed E-state index contributed by atoms with van der Waals surface area (Å²) < 4.78 is 0. The van der Waals surface area contributed by atoms with Crippen molar-refractivity contribution in [1.82, 2.24) is 10.6 Å². The third-order valence-electron chi connectivity index (χ3n) is 5.53. The van der Waals surface area contributed by atoms with Gasteiger partial charge in [-0.15, -0.1) is 0 Å². The zero-order valence-electron chi connectivity index (χ0n) is 13.3. The molecule has 0 bridgehead atoms. The van der Waals surface area contributed by atoms with Gasteiger partial charge in [-0.25, -0.2) is 0 Å². The van der Waals surface area contributed by atoms with Gasteiger partial charge in [-0.05, 0) is 64.0 Å². The third-order valence-corrected chi connectivity index (χ3v) is 5.53. The van der Waals surface area contributed by atoms with Crippen LogP contribution in [0.5, 0.6) is 0 Å². The van der Waals surface area contributed by atoms with Gasteiger partial charge in [-0.1, -0.05) is 26.7 Å². The van der Waals surface area contributed by atoms with E-state index in [1.807, 2.05) is 0 Å². The summed E-state index contributed by atoms with van der Waals surface area (Å²) in [6, 6.07) is 0.439. The van der Waals surface area contributed by atoms with E-state index in [0.29, 0.717) is 11.9 Å². The molecule has 116 valence electrons. The molecule has 0 radical (unpaired) electrons. The first-order chi connectivity index (χ1) is 9.70. The lowest BCUT2D eigenvalue weighted by Gasteiger charge is -2.38. The lowest BCUT2D eigenvalue weighted by molar-refractivity contribution is -0.134. The molecule has 0 aromatic heterocycles. The highest BCUT2D eigenvalue weighted by Gasteiger charge is 2.39. The number of rotatable bonds is 5. The number of nitrogens with one attached hydrogen (secondary N) is 2. The SMILES string of the molecule is CCCC1(C(=O)NC2CCC(CC)CC2)CCNCC1. The van der Waals surface area contributed by atoms with Crippen LogP contribution >= 0.6 is 0 Å². The standard InChI is InChI=1S/C17H32N2O/c1-3-9-17(10-12-18-13-11-17)16(20)19-15-7-5-14(4-2)6-8-15/h14-15,18H,3-13H2,1-2H3,(H,19,20). The Kier molecular flexibility index (Phi) is 5.88. The molecule has 0 aromatic carbocycles. The minimum Gasteiger partial charge on any atom is -0.353 e. The molecule has 3 nitrogen and oxygen atoms in total. The number of hydrogen-bond acceptors (Lipinski definition) is 2. The van der Waals surface area contributed by atoms with Gasteiger partial charge < -0.3 is 10.6 Å². The monoisotopic (exact) mass is 280 g/mol. The maximum atomic E-state index is 12.8. The van der Waals surface area contributed by atoms with Crippen LogP contribution in [0.3, 0.4) is 0 Å². The summed E-state index contributed by atoms with van der Waals surface area (Å²) in [5.74, 6) is 1.24. The van der Waals surface area contributed by atoms with Crippen molar-refractivity contribution in [3.8, 4) is 0 Å². The average molecular weight is 280 g/mol. The molecule has 1 saturated carbocycles. The predicted octanol–water partition coefficient (Wildman–Crippen LogP) is 3.24. The summed E-state index contributed by atoms with van der Waals surface area (Å²) in [7, 11) is 0. The Bertz CT molecular complexity index is 297. The van der Waals surface area contributed by atoms with E-state index < -0.39 is 0 Å². The Morgan fingerprint density at radius 2 is 1.80 bits per heavy atom. The van der Waals surface area contributed by atoms with Crippen molar-refractivity contribution in [2.75, 3.05) is 13.1 Å². The van der Waals surface area contributed by atoms with Crippen LogP contribution in [0.15, 0.2) is 0 Å². The smallest absolute Gasteiger partial charge is 0.226 e. The highest BCUT2D eigenvalue weighted by molar-refractivity contribution is 5.83. The van der Waals surface area contributed by atoms with Crippen LogP contribution in [0.2, 0.25) is 0 Å². The molecule has 0 unspecified atom stereocenters. The molecule has 0 atom stereocenters. The van der Waals surface area contributed by atoms with Crippen molar-refractivity contribution in [3.05, 3.63) is 0 Å². The van der Waals surface area contributed by atoms with Crippen LogP contribution in [0.25, 0.3) is 0 Å². The van der Waals surface area contributed by atoms with E-state index in [1.54, 1.807) is 0 Å². The van der Waals surface area contributed by atoms with Crippen molar-refractivity contribution in [2.24, 2.45) is 11.3 Å². The molecule has 1 aliphatic carbocycles. The van der Waals surface area contributed by atoms with Crippen LogP contribution in [0.4, 0.5) is 0 Å². The van der Waals surface area contributed by atoms with E-state index in [-0.39, 0.29) is 5.41 Å². The minimum atomic E-state index is -0.0817. The highest BCUT2D eigenvalue weighted by Crippen LogP contribution is 2.35. The van der Waals surface area contributed by atoms with Gasteiger partial charge in [-0.2, -0.15) is 0 Å². The Hall–Kier alpha value is -0.570. The van der Waals surface area contributed by atoms with Crippen LogP contribution in [0, 0.1) is 11.3 Å². The lowest BCUT2D eigenvalue weighted by Crippen LogP contribution is -2.50. The van der Waals surface area contributed by atoms with Crippen LogP contribution in [0.1, 0.15) is 71.6 Å². The van der Waals surface area contributed by atoms with Gasteiger partial charge in [0, 0.05) is 6.04 Å². The van der Waals surface area contributed by atoms with Crippen LogP contribution in [-0.4, -0.2) is 25.0 Å². The van der Waals surface area contributed by atoms with E-state index in [1.165, 1.54) is 32.1 Å². The Balaban J connectivity index is 1.88. The first kappa shape index (κ1) is 15.8. The number of carbonyl (C=O) groups is 1. The number of amides is 1. The molecule has 3 heteroatoms. The second-order valence-electron chi connectivity index (χ2n) is 6.88. The number of piperidine rings is 1. The molecule has 1 saturated heterocycles. The largest absolute Gasteiger partial charge is 0.353 e. The predicted molar refractivity (Wildman–Crippen MR) is 83.6 cm³/mol. The van der Waals surface area contributed by atoms with Gasteiger partial charge in [0.15, 0.2) is 0 Å². The fourth-order valence-electron chi connectivity index (χ4n) is 4.03. The molecule has 2 fully saturated rings. The van der Waals surface area contributed by atoms with E-state index in [9.17, 15) is 4.79 Å². The quantitative estimate of drug-likeness (QED) is 0.811. The summed E-state index contributed by atoms with van der Waals surface area (Å²) >= 11 is 0. The number of carbonyl (C=O) groups excluding carboxylic acids is 1. The molecule has 2 N–H and O–H groups in total. The number of hydrogen-bond donors (Lipinski definition) is 2. The Morgan fingerprint density at radius 1 is 1.15 bits per heavy atom. The van der Waals surface area contributed by atoms with Gasteiger partial charge in [0.05, 0.1) is 5.41 Å². The van der Waals surface area contributed by atoms with Gasteiger partial charge >= 0.3 is 0 Å². The van der Waals surface area contributed by atoms with Crippen molar-refractivity contribution in [2.45, 2.75) is 77.7 Å². The van der Waals surface area contributed by atoms with Gasteiger partial charge in [0.1, 0.15) is 0 Å². The Labute approximate surface area is 124 Å². The molecule has 1 aliphatic heterocycles. The second-order valence-corrected chi connectivity index (χ2v) is 6.88. The summed E-state index contributed by atoms with van der Waals surface area (Å²) in [5, 5.41) is 6.78. The molecular formula is C17H32N2O.